The maximum atomic E-state index is 12.2. The van der Waals surface area contributed by atoms with Gasteiger partial charge in [-0.2, -0.15) is 0 Å². The Bertz CT molecular complexity index is 778. The SMILES string of the molecule is Cc1ccc2c(CC(=O)O[C@H](C(=O)NC(N)=O)C(C)C)coc2c1. The molecule has 7 heteroatoms. The van der Waals surface area contributed by atoms with Crippen LogP contribution in [0.5, 0.6) is 0 Å². The summed E-state index contributed by atoms with van der Waals surface area (Å²) in [6, 6.07) is 4.68. The normalized spacial score (nSPS) is 12.2. The van der Waals surface area contributed by atoms with Crippen molar-refractivity contribution in [2.75, 3.05) is 0 Å². The Hall–Kier alpha value is -2.83. The predicted octanol–water partition coefficient (Wildman–Crippen LogP) is 2.05. The first-order chi connectivity index (χ1) is 11.3. The van der Waals surface area contributed by atoms with Crippen molar-refractivity contribution in [2.24, 2.45) is 11.7 Å². The molecule has 0 fully saturated rings. The number of aryl methyl sites for hydroxylation is 1. The monoisotopic (exact) mass is 332 g/mol. The van der Waals surface area contributed by atoms with Crippen LogP contribution < -0.4 is 11.1 Å². The maximum absolute atomic E-state index is 12.2. The minimum absolute atomic E-state index is 0.0386. The Labute approximate surface area is 139 Å². The van der Waals surface area contributed by atoms with E-state index >= 15 is 0 Å². The van der Waals surface area contributed by atoms with E-state index in [9.17, 15) is 14.4 Å². The van der Waals surface area contributed by atoms with E-state index in [4.69, 9.17) is 14.9 Å². The summed E-state index contributed by atoms with van der Waals surface area (Å²) in [5, 5.41) is 2.75. The summed E-state index contributed by atoms with van der Waals surface area (Å²) in [4.78, 5) is 34.8. The van der Waals surface area contributed by atoms with Gasteiger partial charge in [0.1, 0.15) is 5.58 Å². The molecule has 128 valence electrons. The number of benzene rings is 1. The third kappa shape index (κ3) is 4.13. The van der Waals surface area contributed by atoms with Gasteiger partial charge in [0, 0.05) is 10.9 Å². The minimum Gasteiger partial charge on any atom is -0.464 e. The van der Waals surface area contributed by atoms with Crippen molar-refractivity contribution in [1.82, 2.24) is 5.32 Å². The molecule has 0 aliphatic heterocycles. The van der Waals surface area contributed by atoms with Crippen LogP contribution in [0.4, 0.5) is 4.79 Å². The van der Waals surface area contributed by atoms with Gasteiger partial charge in [0.05, 0.1) is 12.7 Å². The van der Waals surface area contributed by atoms with Crippen LogP contribution in [0.1, 0.15) is 25.0 Å². The number of rotatable bonds is 5. The quantitative estimate of drug-likeness (QED) is 0.814. The van der Waals surface area contributed by atoms with Gasteiger partial charge in [-0.15, -0.1) is 0 Å². The van der Waals surface area contributed by atoms with E-state index in [0.717, 1.165) is 10.9 Å². The van der Waals surface area contributed by atoms with Gasteiger partial charge in [-0.25, -0.2) is 4.79 Å². The highest BCUT2D eigenvalue weighted by Gasteiger charge is 2.27. The van der Waals surface area contributed by atoms with Crippen LogP contribution in [0.3, 0.4) is 0 Å². The Morgan fingerprint density at radius 1 is 1.29 bits per heavy atom. The third-order valence-corrected chi connectivity index (χ3v) is 3.51. The molecular weight excluding hydrogens is 312 g/mol. The van der Waals surface area contributed by atoms with Crippen molar-refractivity contribution in [2.45, 2.75) is 33.3 Å². The fraction of sp³-hybridized carbons (Fsp3) is 0.353. The number of primary amides is 1. The molecule has 0 saturated heterocycles. The highest BCUT2D eigenvalue weighted by molar-refractivity contribution is 5.97. The first-order valence-corrected chi connectivity index (χ1v) is 7.54. The zero-order valence-corrected chi connectivity index (χ0v) is 13.8. The summed E-state index contributed by atoms with van der Waals surface area (Å²) < 4.78 is 10.7. The molecule has 2 rings (SSSR count). The predicted molar refractivity (Wildman–Crippen MR) is 87.1 cm³/mol. The van der Waals surface area contributed by atoms with Crippen molar-refractivity contribution >= 4 is 28.9 Å². The number of esters is 1. The largest absolute Gasteiger partial charge is 0.464 e. The highest BCUT2D eigenvalue weighted by Crippen LogP contribution is 2.23. The number of furan rings is 1. The second-order valence-corrected chi connectivity index (χ2v) is 5.95. The number of carbonyl (C=O) groups is 3. The number of hydrogen-bond acceptors (Lipinski definition) is 5. The van der Waals surface area contributed by atoms with Gasteiger partial charge in [-0.05, 0) is 24.5 Å². The molecule has 0 spiro atoms. The lowest BCUT2D eigenvalue weighted by atomic mass is 10.1. The van der Waals surface area contributed by atoms with Crippen LogP contribution in [0, 0.1) is 12.8 Å². The lowest BCUT2D eigenvalue weighted by molar-refractivity contribution is -0.157. The molecule has 0 radical (unpaired) electrons. The van der Waals surface area contributed by atoms with Gasteiger partial charge in [-0.1, -0.05) is 26.0 Å². The zero-order valence-electron chi connectivity index (χ0n) is 13.8. The Balaban J connectivity index is 2.10. The van der Waals surface area contributed by atoms with Crippen LogP contribution in [-0.2, 0) is 20.7 Å². The second kappa shape index (κ2) is 7.16. The molecule has 24 heavy (non-hydrogen) atoms. The third-order valence-electron chi connectivity index (χ3n) is 3.51. The van der Waals surface area contributed by atoms with Crippen LogP contribution in [0.15, 0.2) is 28.9 Å². The van der Waals surface area contributed by atoms with E-state index in [-0.39, 0.29) is 12.3 Å². The van der Waals surface area contributed by atoms with Crippen molar-refractivity contribution in [3.05, 3.63) is 35.6 Å². The summed E-state index contributed by atoms with van der Waals surface area (Å²) in [5.74, 6) is -1.63. The fourth-order valence-electron chi connectivity index (χ4n) is 2.35. The lowest BCUT2D eigenvalue weighted by Crippen LogP contribution is -2.45. The van der Waals surface area contributed by atoms with Crippen LogP contribution >= 0.6 is 0 Å². The average molecular weight is 332 g/mol. The first-order valence-electron chi connectivity index (χ1n) is 7.54. The molecule has 7 nitrogen and oxygen atoms in total. The van der Waals surface area contributed by atoms with Gasteiger partial charge in [0.2, 0.25) is 0 Å². The summed E-state index contributed by atoms with van der Waals surface area (Å²) in [6.45, 7) is 5.35. The molecule has 1 aromatic heterocycles. The Morgan fingerprint density at radius 2 is 2.00 bits per heavy atom. The number of urea groups is 1. The van der Waals surface area contributed by atoms with E-state index in [1.165, 1.54) is 6.26 Å². The summed E-state index contributed by atoms with van der Waals surface area (Å²) in [6.07, 6.45) is 0.368. The number of fused-ring (bicyclic) bond motifs is 1. The van der Waals surface area contributed by atoms with Crippen molar-refractivity contribution in [1.29, 1.82) is 0 Å². The van der Waals surface area contributed by atoms with Crippen molar-refractivity contribution in [3.8, 4) is 0 Å². The summed E-state index contributed by atoms with van der Waals surface area (Å²) >= 11 is 0. The van der Waals surface area contributed by atoms with Crippen LogP contribution in [-0.4, -0.2) is 24.0 Å². The number of hydrogen-bond donors (Lipinski definition) is 2. The number of imide groups is 1. The number of ether oxygens (including phenoxy) is 1. The summed E-state index contributed by atoms with van der Waals surface area (Å²) in [5.41, 5.74) is 7.33. The van der Waals surface area contributed by atoms with E-state index in [2.05, 4.69) is 0 Å². The molecule has 0 bridgehead atoms. The lowest BCUT2D eigenvalue weighted by Gasteiger charge is -2.19. The van der Waals surface area contributed by atoms with E-state index in [0.29, 0.717) is 11.1 Å². The van der Waals surface area contributed by atoms with Crippen molar-refractivity contribution < 1.29 is 23.5 Å². The number of carbonyl (C=O) groups excluding carboxylic acids is 3. The molecule has 1 heterocycles. The topological polar surface area (TPSA) is 112 Å². The van der Waals surface area contributed by atoms with Gasteiger partial charge < -0.3 is 14.9 Å². The second-order valence-electron chi connectivity index (χ2n) is 5.95. The van der Waals surface area contributed by atoms with Crippen LogP contribution in [0.25, 0.3) is 11.0 Å². The molecule has 3 N–H and O–H groups in total. The number of nitrogens with two attached hydrogens (primary N) is 1. The molecule has 3 amide bonds. The van der Waals surface area contributed by atoms with Gasteiger partial charge in [0.15, 0.2) is 6.10 Å². The summed E-state index contributed by atoms with van der Waals surface area (Å²) in [7, 11) is 0. The number of nitrogens with one attached hydrogen (secondary N) is 1. The zero-order chi connectivity index (χ0) is 17.9. The van der Waals surface area contributed by atoms with Gasteiger partial charge in [-0.3, -0.25) is 14.9 Å². The highest BCUT2D eigenvalue weighted by atomic mass is 16.5. The van der Waals surface area contributed by atoms with Crippen LogP contribution in [0.2, 0.25) is 0 Å². The van der Waals surface area contributed by atoms with E-state index < -0.39 is 24.0 Å². The number of amides is 3. The average Bonchev–Trinajstić information content (AvgIpc) is 2.85. The Kier molecular flexibility index (Phi) is 5.23. The van der Waals surface area contributed by atoms with E-state index in [1.54, 1.807) is 13.8 Å². The molecule has 1 atom stereocenters. The van der Waals surface area contributed by atoms with Gasteiger partial charge >= 0.3 is 12.0 Å². The maximum Gasteiger partial charge on any atom is 0.318 e. The molecule has 0 aliphatic rings. The molecule has 2 aromatic rings. The first kappa shape index (κ1) is 17.5. The smallest absolute Gasteiger partial charge is 0.318 e. The molecule has 0 saturated carbocycles. The minimum atomic E-state index is -1.09. The fourth-order valence-corrected chi connectivity index (χ4v) is 2.35. The van der Waals surface area contributed by atoms with Gasteiger partial charge in [0.25, 0.3) is 5.91 Å². The molecule has 1 aromatic carbocycles. The molecule has 0 aliphatic carbocycles. The molecular formula is C17H20N2O5. The van der Waals surface area contributed by atoms with E-state index in [1.807, 2.05) is 30.4 Å². The molecule has 0 unspecified atom stereocenters. The van der Waals surface area contributed by atoms with Crippen molar-refractivity contribution in [3.63, 3.8) is 0 Å². The Morgan fingerprint density at radius 3 is 2.62 bits per heavy atom. The standard InChI is InChI=1S/C17H20N2O5/c1-9(2)15(16(21)19-17(18)22)24-14(20)7-11-8-23-13-6-10(3)4-5-12(11)13/h4-6,8-9,15H,7H2,1-3H3,(H3,18,19,21,22)/t15-/m0/s1.